The topological polar surface area (TPSA) is 55.1 Å². The lowest BCUT2D eigenvalue weighted by Gasteiger charge is -2.11. The number of carbonyl (C=O) groups excluding carboxylic acids is 1. The first-order valence-electron chi connectivity index (χ1n) is 6.12. The van der Waals surface area contributed by atoms with Gasteiger partial charge in [-0.15, -0.1) is 35.9 Å². The van der Waals surface area contributed by atoms with Gasteiger partial charge in [-0.2, -0.15) is 0 Å². The molecular formula is C13H19ClN2OS2. The molecule has 0 bridgehead atoms. The van der Waals surface area contributed by atoms with Crippen LogP contribution in [0.5, 0.6) is 0 Å². The first kappa shape index (κ1) is 16.7. The highest BCUT2D eigenvalue weighted by atomic mass is 35.5. The van der Waals surface area contributed by atoms with Crippen molar-refractivity contribution in [2.45, 2.75) is 17.4 Å². The first-order chi connectivity index (χ1) is 8.79. The zero-order chi connectivity index (χ0) is 12.8. The average molecular weight is 319 g/mol. The normalized spacial score (nSPS) is 15.0. The van der Waals surface area contributed by atoms with Gasteiger partial charge >= 0.3 is 0 Å². The molecule has 0 saturated carbocycles. The van der Waals surface area contributed by atoms with Crippen LogP contribution in [0.3, 0.4) is 0 Å². The number of rotatable bonds is 5. The van der Waals surface area contributed by atoms with Gasteiger partial charge in [0.15, 0.2) is 0 Å². The summed E-state index contributed by atoms with van der Waals surface area (Å²) in [5, 5.41) is 2.93. The summed E-state index contributed by atoms with van der Waals surface area (Å²) in [6.07, 6.45) is 1.23. The number of hydrogen-bond acceptors (Lipinski definition) is 4. The Hall–Kier alpha value is -0.360. The number of nitrogens with one attached hydrogen (secondary N) is 1. The van der Waals surface area contributed by atoms with Crippen LogP contribution in [0, 0.1) is 0 Å². The molecule has 0 radical (unpaired) electrons. The molecule has 0 aromatic heterocycles. The summed E-state index contributed by atoms with van der Waals surface area (Å²) in [7, 11) is 0. The Morgan fingerprint density at radius 1 is 1.37 bits per heavy atom. The summed E-state index contributed by atoms with van der Waals surface area (Å²) in [4.78, 5) is 11.6. The zero-order valence-electron chi connectivity index (χ0n) is 10.6. The van der Waals surface area contributed by atoms with Crippen LogP contribution in [0.15, 0.2) is 24.3 Å². The first-order valence-corrected chi connectivity index (χ1v) is 8.22. The van der Waals surface area contributed by atoms with Gasteiger partial charge in [-0.05, 0) is 30.7 Å². The SMILES string of the molecule is Cl.NCCCC(=O)Nc1cccc(C2SCCS2)c1. The summed E-state index contributed by atoms with van der Waals surface area (Å²) in [6.45, 7) is 0.558. The number of nitrogens with two attached hydrogens (primary N) is 1. The minimum Gasteiger partial charge on any atom is -0.330 e. The second-order valence-electron chi connectivity index (χ2n) is 4.14. The quantitative estimate of drug-likeness (QED) is 0.875. The molecule has 1 aliphatic rings. The Labute approximate surface area is 128 Å². The highest BCUT2D eigenvalue weighted by Gasteiger charge is 2.18. The van der Waals surface area contributed by atoms with Crippen LogP contribution in [0.4, 0.5) is 5.69 Å². The van der Waals surface area contributed by atoms with E-state index >= 15 is 0 Å². The van der Waals surface area contributed by atoms with E-state index < -0.39 is 0 Å². The van der Waals surface area contributed by atoms with Crippen molar-refractivity contribution in [1.29, 1.82) is 0 Å². The largest absolute Gasteiger partial charge is 0.330 e. The molecule has 0 spiro atoms. The standard InChI is InChI=1S/C13H18N2OS2.ClH/c14-6-2-5-12(16)15-11-4-1-3-10(9-11)13-17-7-8-18-13;/h1,3-4,9,13H,2,5-8,14H2,(H,15,16);1H. The van der Waals surface area contributed by atoms with Crippen molar-refractivity contribution >= 4 is 47.5 Å². The monoisotopic (exact) mass is 318 g/mol. The third-order valence-corrected chi connectivity index (χ3v) is 5.78. The van der Waals surface area contributed by atoms with Crippen LogP contribution >= 0.6 is 35.9 Å². The maximum Gasteiger partial charge on any atom is 0.224 e. The highest BCUT2D eigenvalue weighted by molar-refractivity contribution is 8.19. The second kappa shape index (κ2) is 8.74. The second-order valence-corrected chi connectivity index (χ2v) is 6.86. The molecule has 19 heavy (non-hydrogen) atoms. The van der Waals surface area contributed by atoms with Crippen molar-refractivity contribution in [1.82, 2.24) is 0 Å². The fraction of sp³-hybridized carbons (Fsp3) is 0.462. The van der Waals surface area contributed by atoms with Gasteiger partial charge in [-0.3, -0.25) is 4.79 Å². The summed E-state index contributed by atoms with van der Waals surface area (Å²) in [5.74, 6) is 2.47. The van der Waals surface area contributed by atoms with Crippen molar-refractivity contribution in [2.24, 2.45) is 5.73 Å². The Kier molecular flexibility index (Phi) is 7.68. The molecule has 1 heterocycles. The van der Waals surface area contributed by atoms with E-state index in [-0.39, 0.29) is 18.3 Å². The summed E-state index contributed by atoms with van der Waals surface area (Å²) < 4.78 is 0.519. The van der Waals surface area contributed by atoms with E-state index in [1.165, 1.54) is 17.1 Å². The number of thioether (sulfide) groups is 2. The molecule has 1 aliphatic heterocycles. The Morgan fingerprint density at radius 2 is 2.11 bits per heavy atom. The van der Waals surface area contributed by atoms with Crippen molar-refractivity contribution in [2.75, 3.05) is 23.4 Å². The van der Waals surface area contributed by atoms with Gasteiger partial charge in [0.05, 0.1) is 4.58 Å². The van der Waals surface area contributed by atoms with E-state index in [2.05, 4.69) is 17.4 Å². The van der Waals surface area contributed by atoms with Gasteiger partial charge < -0.3 is 11.1 Å². The Balaban J connectivity index is 0.00000180. The minimum absolute atomic E-state index is 0. The molecule has 1 saturated heterocycles. The number of amides is 1. The highest BCUT2D eigenvalue weighted by Crippen LogP contribution is 2.45. The molecular weight excluding hydrogens is 300 g/mol. The van der Waals surface area contributed by atoms with Gasteiger partial charge in [0.2, 0.25) is 5.91 Å². The van der Waals surface area contributed by atoms with E-state index in [4.69, 9.17) is 5.73 Å². The molecule has 0 atom stereocenters. The Bertz CT molecular complexity index is 411. The zero-order valence-corrected chi connectivity index (χ0v) is 13.1. The lowest BCUT2D eigenvalue weighted by molar-refractivity contribution is -0.116. The number of benzene rings is 1. The molecule has 0 aliphatic carbocycles. The Morgan fingerprint density at radius 3 is 2.79 bits per heavy atom. The molecule has 1 aromatic rings. The van der Waals surface area contributed by atoms with Gasteiger partial charge in [-0.25, -0.2) is 0 Å². The van der Waals surface area contributed by atoms with Crippen molar-refractivity contribution in [3.05, 3.63) is 29.8 Å². The van der Waals surface area contributed by atoms with Crippen LogP contribution in [0.25, 0.3) is 0 Å². The number of anilines is 1. The number of carbonyl (C=O) groups is 1. The summed E-state index contributed by atoms with van der Waals surface area (Å²) in [5.41, 5.74) is 7.57. The molecule has 2 rings (SSSR count). The van der Waals surface area contributed by atoms with E-state index in [9.17, 15) is 4.79 Å². The lowest BCUT2D eigenvalue weighted by Crippen LogP contribution is -2.13. The van der Waals surface area contributed by atoms with Gasteiger partial charge in [0.1, 0.15) is 0 Å². The van der Waals surface area contributed by atoms with E-state index in [0.29, 0.717) is 17.5 Å². The van der Waals surface area contributed by atoms with Crippen LogP contribution in [0.1, 0.15) is 23.0 Å². The van der Waals surface area contributed by atoms with E-state index in [1.807, 2.05) is 35.7 Å². The molecule has 1 amide bonds. The van der Waals surface area contributed by atoms with Crippen molar-refractivity contribution < 1.29 is 4.79 Å². The fourth-order valence-corrected chi connectivity index (χ4v) is 4.64. The third-order valence-electron chi connectivity index (χ3n) is 2.67. The predicted molar refractivity (Wildman–Crippen MR) is 88.3 cm³/mol. The van der Waals surface area contributed by atoms with Crippen LogP contribution in [0.2, 0.25) is 0 Å². The number of hydrogen-bond donors (Lipinski definition) is 2. The van der Waals surface area contributed by atoms with Crippen LogP contribution < -0.4 is 11.1 Å². The van der Waals surface area contributed by atoms with Gasteiger partial charge in [-0.1, -0.05) is 12.1 Å². The van der Waals surface area contributed by atoms with E-state index in [1.54, 1.807) is 0 Å². The summed E-state index contributed by atoms with van der Waals surface area (Å²) in [6, 6.07) is 8.16. The van der Waals surface area contributed by atoms with Gasteiger partial charge in [0.25, 0.3) is 0 Å². The lowest BCUT2D eigenvalue weighted by atomic mass is 10.2. The maximum atomic E-state index is 11.6. The average Bonchev–Trinajstić information content (AvgIpc) is 2.90. The molecule has 1 aromatic carbocycles. The molecule has 0 unspecified atom stereocenters. The van der Waals surface area contributed by atoms with Crippen molar-refractivity contribution in [3.8, 4) is 0 Å². The minimum atomic E-state index is 0. The van der Waals surface area contributed by atoms with E-state index in [0.717, 1.165) is 12.1 Å². The molecule has 1 fully saturated rings. The van der Waals surface area contributed by atoms with Crippen molar-refractivity contribution in [3.63, 3.8) is 0 Å². The molecule has 3 N–H and O–H groups in total. The predicted octanol–water partition coefficient (Wildman–Crippen LogP) is 3.26. The van der Waals surface area contributed by atoms with Gasteiger partial charge in [0, 0.05) is 23.6 Å². The fourth-order valence-electron chi connectivity index (χ4n) is 1.80. The maximum absolute atomic E-state index is 11.6. The third kappa shape index (κ3) is 5.26. The molecule has 106 valence electrons. The van der Waals surface area contributed by atoms with Crippen LogP contribution in [-0.4, -0.2) is 24.0 Å². The smallest absolute Gasteiger partial charge is 0.224 e. The number of halogens is 1. The molecule has 6 heteroatoms. The van der Waals surface area contributed by atoms with Crippen LogP contribution in [-0.2, 0) is 4.79 Å². The molecule has 3 nitrogen and oxygen atoms in total. The summed E-state index contributed by atoms with van der Waals surface area (Å²) >= 11 is 3.94.